The summed E-state index contributed by atoms with van der Waals surface area (Å²) in [4.78, 5) is 30.2. The number of rotatable bonds is 6. The first-order chi connectivity index (χ1) is 14.5. The molecule has 3 N–H and O–H groups in total. The van der Waals surface area contributed by atoms with Gasteiger partial charge in [0.15, 0.2) is 0 Å². The molecule has 1 atom stereocenters. The first-order valence-electron chi connectivity index (χ1n) is 11.0. The molecule has 2 heterocycles. The molecule has 164 valence electrons. The number of likely N-dealkylation sites (tertiary alicyclic amines) is 1. The molecule has 30 heavy (non-hydrogen) atoms. The molecule has 1 aliphatic carbocycles. The zero-order chi connectivity index (χ0) is 21.3. The Hall–Kier alpha value is -2.03. The summed E-state index contributed by atoms with van der Waals surface area (Å²) in [5.41, 5.74) is 0.869. The molecule has 8 heteroatoms. The third-order valence-electron chi connectivity index (χ3n) is 6.77. The minimum atomic E-state index is -1.13. The molecule has 1 aromatic heterocycles. The molecule has 1 saturated carbocycles. The number of Topliss-reactive ketones (excluding diaryl/α,β-unsaturated/α-hetero) is 1. The smallest absolute Gasteiger partial charge is 0.326 e. The van der Waals surface area contributed by atoms with Crippen LogP contribution in [0.15, 0.2) is 16.9 Å². The molecule has 2 aromatic rings. The standard InChI is InChI=1S/C22H31FN4O3/c1-24-21(29)16-11-18-19(12-17(16)23)27(22(30)25-18)15-7-9-26(10-8-15)13-20(28)14-5-3-2-4-6-14/h11-12,14-15,21,24,29H,2-10,13H2,1H3,(H,25,30). The lowest BCUT2D eigenvalue weighted by molar-refractivity contribution is -0.125. The van der Waals surface area contributed by atoms with E-state index < -0.39 is 12.0 Å². The van der Waals surface area contributed by atoms with Crippen LogP contribution < -0.4 is 11.0 Å². The maximum atomic E-state index is 14.5. The molecule has 1 unspecified atom stereocenters. The summed E-state index contributed by atoms with van der Waals surface area (Å²) in [6, 6.07) is 2.77. The Bertz CT molecular complexity index is 955. The summed E-state index contributed by atoms with van der Waals surface area (Å²) in [6.45, 7) is 2.00. The molecular weight excluding hydrogens is 387 g/mol. The third kappa shape index (κ3) is 4.22. The van der Waals surface area contributed by atoms with E-state index in [9.17, 15) is 19.1 Å². The lowest BCUT2D eigenvalue weighted by atomic mass is 9.86. The van der Waals surface area contributed by atoms with E-state index in [1.54, 1.807) is 4.57 Å². The highest BCUT2D eigenvalue weighted by Crippen LogP contribution is 2.29. The summed E-state index contributed by atoms with van der Waals surface area (Å²) in [7, 11) is 1.54. The van der Waals surface area contributed by atoms with Crippen LogP contribution >= 0.6 is 0 Å². The van der Waals surface area contributed by atoms with Gasteiger partial charge in [0.1, 0.15) is 17.8 Å². The van der Waals surface area contributed by atoms with Gasteiger partial charge in [-0.3, -0.25) is 19.6 Å². The van der Waals surface area contributed by atoms with Crippen molar-refractivity contribution < 1.29 is 14.3 Å². The van der Waals surface area contributed by atoms with Gasteiger partial charge in [0, 0.05) is 36.7 Å². The SMILES string of the molecule is CNC(O)c1cc2[nH]c(=O)n(C3CCN(CC(=O)C4CCCCC4)CC3)c2cc1F. The van der Waals surface area contributed by atoms with Crippen molar-refractivity contribution in [2.75, 3.05) is 26.7 Å². The van der Waals surface area contributed by atoms with Gasteiger partial charge in [-0.2, -0.15) is 0 Å². The number of carbonyl (C=O) groups excluding carboxylic acids is 1. The largest absolute Gasteiger partial charge is 0.374 e. The summed E-state index contributed by atoms with van der Waals surface area (Å²) in [5, 5.41) is 12.5. The molecule has 0 spiro atoms. The second-order valence-corrected chi connectivity index (χ2v) is 8.69. The van der Waals surface area contributed by atoms with Gasteiger partial charge >= 0.3 is 5.69 Å². The first kappa shape index (κ1) is 21.2. The molecule has 1 aliphatic heterocycles. The number of halogens is 1. The number of fused-ring (bicyclic) bond motifs is 1. The number of benzene rings is 1. The second kappa shape index (κ2) is 8.99. The number of piperidine rings is 1. The fraction of sp³-hybridized carbons (Fsp3) is 0.636. The molecule has 2 fully saturated rings. The zero-order valence-corrected chi connectivity index (χ0v) is 17.5. The van der Waals surface area contributed by atoms with Gasteiger partial charge in [0.05, 0.1) is 17.6 Å². The van der Waals surface area contributed by atoms with Crippen molar-refractivity contribution in [3.8, 4) is 0 Å². The van der Waals surface area contributed by atoms with Crippen LogP contribution in [-0.4, -0.2) is 52.0 Å². The quantitative estimate of drug-likeness (QED) is 0.627. The maximum absolute atomic E-state index is 14.5. The van der Waals surface area contributed by atoms with Gasteiger partial charge in [-0.15, -0.1) is 0 Å². The van der Waals surface area contributed by atoms with Gasteiger partial charge < -0.3 is 10.1 Å². The van der Waals surface area contributed by atoms with Crippen LogP contribution in [0.1, 0.15) is 62.8 Å². The van der Waals surface area contributed by atoms with Crippen LogP contribution in [0.4, 0.5) is 4.39 Å². The lowest BCUT2D eigenvalue weighted by Gasteiger charge is -2.33. The Morgan fingerprint density at radius 3 is 2.60 bits per heavy atom. The van der Waals surface area contributed by atoms with E-state index in [0.29, 0.717) is 23.4 Å². The third-order valence-corrected chi connectivity index (χ3v) is 6.77. The Morgan fingerprint density at radius 1 is 1.23 bits per heavy atom. The average molecular weight is 419 g/mol. The lowest BCUT2D eigenvalue weighted by Crippen LogP contribution is -2.41. The summed E-state index contributed by atoms with van der Waals surface area (Å²) in [6.07, 6.45) is 5.96. The topological polar surface area (TPSA) is 90.4 Å². The van der Waals surface area contributed by atoms with Crippen LogP contribution in [0.3, 0.4) is 0 Å². The number of aliphatic hydroxyl groups is 1. The molecule has 4 rings (SSSR count). The van der Waals surface area contributed by atoms with Crippen molar-refractivity contribution in [3.63, 3.8) is 0 Å². The molecule has 1 saturated heterocycles. The predicted molar refractivity (Wildman–Crippen MR) is 113 cm³/mol. The van der Waals surface area contributed by atoms with Gasteiger partial charge in [-0.05, 0) is 38.8 Å². The first-order valence-corrected chi connectivity index (χ1v) is 11.0. The maximum Gasteiger partial charge on any atom is 0.326 e. The number of carbonyl (C=O) groups is 1. The molecular formula is C22H31FN4O3. The van der Waals surface area contributed by atoms with E-state index in [1.165, 1.54) is 25.6 Å². The van der Waals surface area contributed by atoms with Crippen LogP contribution in [0, 0.1) is 11.7 Å². The normalized spacial score (nSPS) is 20.6. The Kier molecular flexibility index (Phi) is 6.36. The minimum absolute atomic E-state index is 0.0354. The van der Waals surface area contributed by atoms with Crippen LogP contribution in [0.5, 0.6) is 0 Å². The van der Waals surface area contributed by atoms with E-state index in [0.717, 1.165) is 51.6 Å². The van der Waals surface area contributed by atoms with Crippen molar-refractivity contribution in [2.45, 2.75) is 57.2 Å². The number of aliphatic hydroxyl groups excluding tert-OH is 1. The van der Waals surface area contributed by atoms with Crippen LogP contribution in [0.2, 0.25) is 0 Å². The van der Waals surface area contributed by atoms with E-state index >= 15 is 0 Å². The molecule has 2 aliphatic rings. The van der Waals surface area contributed by atoms with E-state index in [2.05, 4.69) is 15.2 Å². The Balaban J connectivity index is 1.45. The van der Waals surface area contributed by atoms with Gasteiger partial charge in [0.2, 0.25) is 0 Å². The number of nitrogens with one attached hydrogen (secondary N) is 2. The number of nitrogens with zero attached hydrogens (tertiary/aromatic N) is 2. The summed E-state index contributed by atoms with van der Waals surface area (Å²) in [5.74, 6) is 0.0283. The van der Waals surface area contributed by atoms with Crippen molar-refractivity contribution >= 4 is 16.8 Å². The van der Waals surface area contributed by atoms with E-state index in [1.807, 2.05) is 0 Å². The number of hydrogen-bond donors (Lipinski definition) is 3. The molecule has 0 radical (unpaired) electrons. The second-order valence-electron chi connectivity index (χ2n) is 8.69. The Morgan fingerprint density at radius 2 is 1.93 bits per heavy atom. The summed E-state index contributed by atoms with van der Waals surface area (Å²) < 4.78 is 16.2. The van der Waals surface area contributed by atoms with Gasteiger partial charge in [-0.1, -0.05) is 19.3 Å². The van der Waals surface area contributed by atoms with Crippen molar-refractivity contribution in [3.05, 3.63) is 34.0 Å². The molecule has 7 nitrogen and oxygen atoms in total. The van der Waals surface area contributed by atoms with Gasteiger partial charge in [0.25, 0.3) is 0 Å². The highest BCUT2D eigenvalue weighted by atomic mass is 19.1. The highest BCUT2D eigenvalue weighted by Gasteiger charge is 2.28. The van der Waals surface area contributed by atoms with Crippen molar-refractivity contribution in [2.24, 2.45) is 5.92 Å². The number of H-pyrrole nitrogens is 1. The number of ketones is 1. The summed E-state index contributed by atoms with van der Waals surface area (Å²) >= 11 is 0. The number of aromatic nitrogens is 2. The van der Waals surface area contributed by atoms with Crippen LogP contribution in [-0.2, 0) is 4.79 Å². The molecule has 1 aromatic carbocycles. The predicted octanol–water partition coefficient (Wildman–Crippen LogP) is 2.47. The van der Waals surface area contributed by atoms with Crippen molar-refractivity contribution in [1.29, 1.82) is 0 Å². The Labute approximate surface area is 175 Å². The number of hydrogen-bond acceptors (Lipinski definition) is 5. The fourth-order valence-electron chi connectivity index (χ4n) is 5.00. The van der Waals surface area contributed by atoms with Crippen molar-refractivity contribution in [1.82, 2.24) is 19.8 Å². The zero-order valence-electron chi connectivity index (χ0n) is 17.5. The van der Waals surface area contributed by atoms with E-state index in [-0.39, 0.29) is 23.2 Å². The van der Waals surface area contributed by atoms with Gasteiger partial charge in [-0.25, -0.2) is 9.18 Å². The van der Waals surface area contributed by atoms with Crippen LogP contribution in [0.25, 0.3) is 11.0 Å². The fourth-order valence-corrected chi connectivity index (χ4v) is 5.00. The molecule has 0 amide bonds. The monoisotopic (exact) mass is 418 g/mol. The number of imidazole rings is 1. The minimum Gasteiger partial charge on any atom is -0.374 e. The van der Waals surface area contributed by atoms with E-state index in [4.69, 9.17) is 0 Å². The molecule has 0 bridgehead atoms. The average Bonchev–Trinajstić information content (AvgIpc) is 3.08. The highest BCUT2D eigenvalue weighted by molar-refractivity contribution is 5.83. The number of aromatic amines is 1.